The number of hydrogen-bond acceptors (Lipinski definition) is 8. The van der Waals surface area contributed by atoms with Crippen molar-refractivity contribution in [2.75, 3.05) is 10.7 Å². The molecule has 1 aliphatic heterocycles. The molecule has 1 saturated heterocycles. The summed E-state index contributed by atoms with van der Waals surface area (Å²) in [5, 5.41) is 11.8. The molecule has 3 rings (SSSR count). The number of carbonyl (C=O) groups excluding carboxylic acids is 4. The zero-order chi connectivity index (χ0) is 19.8. The first-order valence-corrected chi connectivity index (χ1v) is 10.3. The predicted molar refractivity (Wildman–Crippen MR) is 99.0 cm³/mol. The van der Waals surface area contributed by atoms with E-state index in [9.17, 15) is 19.2 Å². The number of hydrogen-bond donors (Lipinski definition) is 2. The largest absolute Gasteiger partial charge is 0.344 e. The van der Waals surface area contributed by atoms with E-state index in [-0.39, 0.29) is 17.7 Å². The fourth-order valence-electron chi connectivity index (χ4n) is 2.55. The maximum Gasteiger partial charge on any atom is 0.344 e. The highest BCUT2D eigenvalue weighted by atomic mass is 32.2. The van der Waals surface area contributed by atoms with Gasteiger partial charge in [0.1, 0.15) is 5.54 Å². The van der Waals surface area contributed by atoms with E-state index in [1.807, 2.05) is 0 Å². The molecule has 5 amide bonds. The number of thioether (sulfide) groups is 1. The van der Waals surface area contributed by atoms with E-state index in [2.05, 4.69) is 20.9 Å². The van der Waals surface area contributed by atoms with Gasteiger partial charge in [-0.25, -0.2) is 4.79 Å². The van der Waals surface area contributed by atoms with Crippen molar-refractivity contribution >= 4 is 52.0 Å². The summed E-state index contributed by atoms with van der Waals surface area (Å²) < 4.78 is 0.530. The number of rotatable bonds is 7. The van der Waals surface area contributed by atoms with Gasteiger partial charge in [-0.1, -0.05) is 30.0 Å². The average molecular weight is 412 g/mol. The zero-order valence-corrected chi connectivity index (χ0v) is 16.8. The second kappa shape index (κ2) is 7.43. The summed E-state index contributed by atoms with van der Waals surface area (Å²) in [4.78, 5) is 49.6. The Labute approximate surface area is 164 Å². The second-order valence-electron chi connectivity index (χ2n) is 6.55. The van der Waals surface area contributed by atoms with E-state index in [1.165, 1.54) is 18.3 Å². The minimum absolute atomic E-state index is 0.0436. The molecule has 2 aliphatic rings. The van der Waals surface area contributed by atoms with Crippen LogP contribution in [-0.4, -0.2) is 56.3 Å². The molecule has 10 nitrogen and oxygen atoms in total. The lowest BCUT2D eigenvalue weighted by Gasteiger charge is -2.19. The third kappa shape index (κ3) is 4.05. The van der Waals surface area contributed by atoms with Crippen molar-refractivity contribution in [3.05, 3.63) is 0 Å². The van der Waals surface area contributed by atoms with Crippen molar-refractivity contribution < 1.29 is 19.2 Å². The van der Waals surface area contributed by atoms with Gasteiger partial charge in [0.15, 0.2) is 4.34 Å². The maximum atomic E-state index is 12.3. The SMILES string of the molecule is CC[C@]1(C)NC(=O)N(NC(=O)CSc2nnc(N(C(C)=O)C3CC3)s2)C1=O. The highest BCUT2D eigenvalue weighted by molar-refractivity contribution is 8.01. The molecule has 0 unspecified atom stereocenters. The molecule has 12 heteroatoms. The van der Waals surface area contributed by atoms with Gasteiger partial charge in [0.2, 0.25) is 16.9 Å². The standard InChI is InChI=1S/C15H20N6O4S2/c1-4-15(3)11(24)21(12(25)16-15)19-10(23)7-26-14-18-17-13(27-14)20(8(2)22)9-5-6-9/h9H,4-7H2,1-3H3,(H,16,25)(H,19,23)/t15-/m0/s1. The third-order valence-electron chi connectivity index (χ3n) is 4.38. The smallest absolute Gasteiger partial charge is 0.322 e. The molecule has 2 N–H and O–H groups in total. The molecule has 2 heterocycles. The summed E-state index contributed by atoms with van der Waals surface area (Å²) in [7, 11) is 0. The Hall–Kier alpha value is -2.21. The average Bonchev–Trinajstić information content (AvgIpc) is 3.29. The number of amides is 5. The predicted octanol–water partition coefficient (Wildman–Crippen LogP) is 0.897. The van der Waals surface area contributed by atoms with Crippen LogP contribution in [0.4, 0.5) is 9.93 Å². The van der Waals surface area contributed by atoms with E-state index in [0.29, 0.717) is 20.9 Å². The summed E-state index contributed by atoms with van der Waals surface area (Å²) in [6.45, 7) is 4.87. The number of carbonyl (C=O) groups is 4. The Bertz CT molecular complexity index is 795. The Morgan fingerprint density at radius 1 is 1.41 bits per heavy atom. The van der Waals surface area contributed by atoms with Gasteiger partial charge in [-0.3, -0.25) is 24.7 Å². The van der Waals surface area contributed by atoms with Crippen LogP contribution in [0.3, 0.4) is 0 Å². The van der Waals surface area contributed by atoms with E-state index in [0.717, 1.165) is 24.6 Å². The Balaban J connectivity index is 1.55. The quantitative estimate of drug-likeness (QED) is 0.387. The zero-order valence-electron chi connectivity index (χ0n) is 15.1. The van der Waals surface area contributed by atoms with Gasteiger partial charge in [0.25, 0.3) is 5.91 Å². The number of hydrazine groups is 1. The van der Waals surface area contributed by atoms with Crippen LogP contribution in [0.1, 0.15) is 40.0 Å². The Morgan fingerprint density at radius 3 is 2.67 bits per heavy atom. The molecule has 0 spiro atoms. The third-order valence-corrected chi connectivity index (χ3v) is 6.44. The van der Waals surface area contributed by atoms with Crippen molar-refractivity contribution in [1.82, 2.24) is 25.9 Å². The summed E-state index contributed by atoms with van der Waals surface area (Å²) in [5.74, 6) is -1.13. The summed E-state index contributed by atoms with van der Waals surface area (Å²) >= 11 is 2.36. The molecular weight excluding hydrogens is 392 g/mol. The fraction of sp³-hybridized carbons (Fsp3) is 0.600. The van der Waals surface area contributed by atoms with E-state index < -0.39 is 23.4 Å². The van der Waals surface area contributed by atoms with Crippen LogP contribution < -0.4 is 15.6 Å². The molecule has 1 aromatic rings. The number of anilines is 1. The summed E-state index contributed by atoms with van der Waals surface area (Å²) in [6.07, 6.45) is 2.32. The van der Waals surface area contributed by atoms with Crippen molar-refractivity contribution in [2.24, 2.45) is 0 Å². The van der Waals surface area contributed by atoms with Crippen LogP contribution in [0, 0.1) is 0 Å². The number of aromatic nitrogens is 2. The van der Waals surface area contributed by atoms with Gasteiger partial charge >= 0.3 is 6.03 Å². The molecule has 2 fully saturated rings. The maximum absolute atomic E-state index is 12.3. The van der Waals surface area contributed by atoms with Gasteiger partial charge in [0.05, 0.1) is 5.75 Å². The van der Waals surface area contributed by atoms with E-state index >= 15 is 0 Å². The topological polar surface area (TPSA) is 125 Å². The van der Waals surface area contributed by atoms with Gasteiger partial charge in [-0.15, -0.1) is 10.2 Å². The summed E-state index contributed by atoms with van der Waals surface area (Å²) in [6, 6.07) is -0.466. The van der Waals surface area contributed by atoms with Gasteiger partial charge in [-0.05, 0) is 26.2 Å². The number of urea groups is 1. The van der Waals surface area contributed by atoms with Gasteiger partial charge in [0, 0.05) is 13.0 Å². The Kier molecular flexibility index (Phi) is 5.38. The lowest BCUT2D eigenvalue weighted by molar-refractivity contribution is -0.137. The monoisotopic (exact) mass is 412 g/mol. The first-order valence-electron chi connectivity index (χ1n) is 8.47. The van der Waals surface area contributed by atoms with Gasteiger partial charge < -0.3 is 5.32 Å². The highest BCUT2D eigenvalue weighted by Crippen LogP contribution is 2.35. The minimum atomic E-state index is -1.01. The molecule has 0 bridgehead atoms. The molecule has 1 aromatic heterocycles. The fourth-order valence-corrected chi connectivity index (χ4v) is 4.30. The first-order chi connectivity index (χ1) is 12.7. The molecule has 1 aliphatic carbocycles. The van der Waals surface area contributed by atoms with Crippen LogP contribution in [0.25, 0.3) is 0 Å². The van der Waals surface area contributed by atoms with Crippen LogP contribution >= 0.6 is 23.1 Å². The number of nitrogens with zero attached hydrogens (tertiary/aromatic N) is 4. The van der Waals surface area contributed by atoms with E-state index in [4.69, 9.17) is 0 Å². The van der Waals surface area contributed by atoms with Crippen LogP contribution in [0.15, 0.2) is 4.34 Å². The van der Waals surface area contributed by atoms with E-state index in [1.54, 1.807) is 18.7 Å². The van der Waals surface area contributed by atoms with Crippen molar-refractivity contribution in [3.8, 4) is 0 Å². The summed E-state index contributed by atoms with van der Waals surface area (Å²) in [5.41, 5.74) is 1.31. The second-order valence-corrected chi connectivity index (χ2v) is 8.73. The van der Waals surface area contributed by atoms with Gasteiger partial charge in [-0.2, -0.15) is 5.01 Å². The van der Waals surface area contributed by atoms with Crippen LogP contribution in [-0.2, 0) is 14.4 Å². The molecule has 146 valence electrons. The van der Waals surface area contributed by atoms with Crippen LogP contribution in [0.5, 0.6) is 0 Å². The lowest BCUT2D eigenvalue weighted by Crippen LogP contribution is -2.49. The minimum Gasteiger partial charge on any atom is -0.322 e. The number of nitrogens with one attached hydrogen (secondary N) is 2. The molecule has 1 atom stereocenters. The molecule has 1 saturated carbocycles. The van der Waals surface area contributed by atoms with Crippen molar-refractivity contribution in [2.45, 2.75) is 56.0 Å². The normalized spacial score (nSPS) is 22.0. The number of imide groups is 1. The molecule has 0 radical (unpaired) electrons. The lowest BCUT2D eigenvalue weighted by atomic mass is 10.00. The molecule has 0 aromatic carbocycles. The van der Waals surface area contributed by atoms with Crippen molar-refractivity contribution in [3.63, 3.8) is 0 Å². The van der Waals surface area contributed by atoms with Crippen LogP contribution in [0.2, 0.25) is 0 Å². The Morgan fingerprint density at radius 2 is 2.11 bits per heavy atom. The first kappa shape index (κ1) is 19.5. The highest BCUT2D eigenvalue weighted by Gasteiger charge is 2.47. The molecule has 27 heavy (non-hydrogen) atoms. The molecular formula is C15H20N6O4S2. The van der Waals surface area contributed by atoms with Crippen molar-refractivity contribution in [1.29, 1.82) is 0 Å².